The van der Waals surface area contributed by atoms with E-state index >= 15 is 0 Å². The van der Waals surface area contributed by atoms with Crippen LogP contribution in [0.1, 0.15) is 47.4 Å². The van der Waals surface area contributed by atoms with Gasteiger partial charge in [-0.15, -0.1) is 0 Å². The average Bonchev–Trinajstić information content (AvgIpc) is 3.48. The highest BCUT2D eigenvalue weighted by Gasteiger charge is 2.40. The molecule has 11 nitrogen and oxygen atoms in total. The van der Waals surface area contributed by atoms with Gasteiger partial charge in [-0.3, -0.25) is 23.6 Å². The van der Waals surface area contributed by atoms with E-state index in [1.165, 1.54) is 24.3 Å². The Kier molecular flexibility index (Phi) is 8.84. The average molecular weight is 612 g/mol. The Morgan fingerprint density at radius 2 is 1.90 bits per heavy atom. The number of fused-ring (bicyclic) bond motifs is 1. The number of rotatable bonds is 9. The van der Waals surface area contributed by atoms with Crippen LogP contribution in [0, 0.1) is 5.82 Å². The Morgan fingerprint density at radius 3 is 2.51 bits per heavy atom. The van der Waals surface area contributed by atoms with Crippen molar-refractivity contribution in [2.45, 2.75) is 58.4 Å². The molecule has 0 spiro atoms. The molecule has 1 aliphatic heterocycles. The van der Waals surface area contributed by atoms with Crippen molar-refractivity contribution in [2.75, 3.05) is 6.54 Å². The standard InChI is InChI=1S/C26H29ClF2N5O6P/c1-3-15-16(4-2)22-18(9-20(15)41(38,39)40)34(32-24(22)25(30)36)12-21(35)33-11-14(28)8-19(33)26(37)31-10-13-6-5-7-17(27)23(13)29/h5-7,9,14,19H,3-4,8,10-12H2,1-2H3,(H2,30,36)(H,31,37)(H2,38,39,40)/t14-,19+/m1/s1. The van der Waals surface area contributed by atoms with Crippen LogP contribution in [0.2, 0.25) is 5.02 Å². The first-order valence-electron chi connectivity index (χ1n) is 12.8. The summed E-state index contributed by atoms with van der Waals surface area (Å²) in [5.74, 6) is -3.04. The van der Waals surface area contributed by atoms with Gasteiger partial charge in [-0.05, 0) is 36.1 Å². The zero-order valence-electron chi connectivity index (χ0n) is 22.2. The van der Waals surface area contributed by atoms with Gasteiger partial charge in [-0.2, -0.15) is 5.10 Å². The van der Waals surface area contributed by atoms with Crippen molar-refractivity contribution in [1.29, 1.82) is 0 Å². The van der Waals surface area contributed by atoms with Crippen molar-refractivity contribution < 1.29 is 37.5 Å². The van der Waals surface area contributed by atoms with Gasteiger partial charge in [0.05, 0.1) is 22.4 Å². The Balaban J connectivity index is 1.67. The van der Waals surface area contributed by atoms with Gasteiger partial charge < -0.3 is 25.7 Å². The van der Waals surface area contributed by atoms with E-state index in [0.717, 1.165) is 9.58 Å². The Bertz CT molecular complexity index is 1590. The molecule has 220 valence electrons. The third-order valence-corrected chi connectivity index (χ3v) is 8.46. The van der Waals surface area contributed by atoms with Crippen LogP contribution >= 0.6 is 19.2 Å². The van der Waals surface area contributed by atoms with Crippen molar-refractivity contribution >= 4 is 53.1 Å². The highest BCUT2D eigenvalue weighted by atomic mass is 35.5. The molecule has 0 aliphatic carbocycles. The van der Waals surface area contributed by atoms with Crippen molar-refractivity contribution in [2.24, 2.45) is 5.73 Å². The van der Waals surface area contributed by atoms with Crippen molar-refractivity contribution in [1.82, 2.24) is 20.0 Å². The van der Waals surface area contributed by atoms with Crippen LogP contribution in [0.4, 0.5) is 8.78 Å². The maximum absolute atomic E-state index is 14.5. The van der Waals surface area contributed by atoms with Gasteiger partial charge in [0.15, 0.2) is 5.69 Å². The van der Waals surface area contributed by atoms with Crippen LogP contribution in [-0.4, -0.2) is 60.9 Å². The molecular weight excluding hydrogens is 583 g/mol. The summed E-state index contributed by atoms with van der Waals surface area (Å²) in [5, 5.41) is 6.58. The summed E-state index contributed by atoms with van der Waals surface area (Å²) in [6.45, 7) is 2.26. The normalized spacial score (nSPS) is 17.3. The molecule has 1 saturated heterocycles. The fraction of sp³-hybridized carbons (Fsp3) is 0.385. The van der Waals surface area contributed by atoms with Crippen LogP contribution in [0.25, 0.3) is 10.9 Å². The lowest BCUT2D eigenvalue weighted by molar-refractivity contribution is -0.139. The second kappa shape index (κ2) is 11.8. The lowest BCUT2D eigenvalue weighted by Gasteiger charge is -2.24. The molecule has 1 aliphatic rings. The van der Waals surface area contributed by atoms with Gasteiger partial charge in [0.1, 0.15) is 24.6 Å². The summed E-state index contributed by atoms with van der Waals surface area (Å²) in [7, 11) is -4.77. The van der Waals surface area contributed by atoms with E-state index < -0.39 is 56.4 Å². The predicted octanol–water partition coefficient (Wildman–Crippen LogP) is 2.11. The first-order valence-corrected chi connectivity index (χ1v) is 14.8. The largest absolute Gasteiger partial charge is 0.364 e. The Labute approximate surface area is 238 Å². The number of primary amides is 1. The van der Waals surface area contributed by atoms with Gasteiger partial charge in [-0.1, -0.05) is 37.6 Å². The predicted molar refractivity (Wildman–Crippen MR) is 147 cm³/mol. The first-order chi connectivity index (χ1) is 19.3. The number of carbonyl (C=O) groups is 3. The lowest BCUT2D eigenvalue weighted by Crippen LogP contribution is -2.46. The Hall–Kier alpha value is -3.38. The van der Waals surface area contributed by atoms with Crippen LogP contribution in [0.5, 0.6) is 0 Å². The maximum atomic E-state index is 14.5. The molecule has 0 saturated carbocycles. The zero-order valence-corrected chi connectivity index (χ0v) is 23.9. The summed E-state index contributed by atoms with van der Waals surface area (Å²) in [6, 6.07) is 4.27. The number of nitrogens with one attached hydrogen (secondary N) is 1. The fourth-order valence-corrected chi connectivity index (χ4v) is 6.42. The molecule has 41 heavy (non-hydrogen) atoms. The van der Waals surface area contributed by atoms with Crippen molar-refractivity contribution in [3.8, 4) is 0 Å². The number of nitrogens with zero attached hydrogens (tertiary/aromatic N) is 3. The topological polar surface area (TPSA) is 168 Å². The number of hydrogen-bond acceptors (Lipinski definition) is 5. The van der Waals surface area contributed by atoms with Gasteiger partial charge >= 0.3 is 7.60 Å². The van der Waals surface area contributed by atoms with Gasteiger partial charge in [-0.25, -0.2) is 8.78 Å². The third kappa shape index (κ3) is 5.99. The molecule has 3 aromatic rings. The molecule has 2 heterocycles. The summed E-state index contributed by atoms with van der Waals surface area (Å²) < 4.78 is 42.1. The van der Waals surface area contributed by atoms with E-state index in [9.17, 15) is 37.5 Å². The summed E-state index contributed by atoms with van der Waals surface area (Å²) in [4.78, 5) is 59.7. The van der Waals surface area contributed by atoms with Crippen molar-refractivity contribution in [3.63, 3.8) is 0 Å². The van der Waals surface area contributed by atoms with Gasteiger partial charge in [0.25, 0.3) is 5.91 Å². The summed E-state index contributed by atoms with van der Waals surface area (Å²) >= 11 is 5.78. The van der Waals surface area contributed by atoms with E-state index in [2.05, 4.69) is 10.4 Å². The maximum Gasteiger partial charge on any atom is 0.356 e. The molecule has 3 amide bonds. The number of hydrogen-bond donors (Lipinski definition) is 4. The molecule has 2 atom stereocenters. The lowest BCUT2D eigenvalue weighted by atomic mass is 9.97. The molecule has 1 fully saturated rings. The SMILES string of the molecule is CCc1c(P(=O)(O)O)cc2c(c(C(N)=O)nn2CC(=O)N2C[C@H](F)C[C@H]2C(=O)NCc2cccc(Cl)c2F)c1CC. The fourth-order valence-electron chi connectivity index (χ4n) is 5.29. The summed E-state index contributed by atoms with van der Waals surface area (Å²) in [5.41, 5.74) is 6.41. The first kappa shape index (κ1) is 30.6. The molecule has 0 radical (unpaired) electrons. The second-order valence-corrected chi connectivity index (χ2v) is 11.7. The number of aryl methyl sites for hydroxylation is 1. The van der Waals surface area contributed by atoms with E-state index in [0.29, 0.717) is 17.5 Å². The quantitative estimate of drug-likeness (QED) is 0.269. The number of likely N-dealkylation sites (tertiary alicyclic amines) is 1. The summed E-state index contributed by atoms with van der Waals surface area (Å²) in [6.07, 6.45) is -1.25. The number of nitrogens with two attached hydrogens (primary N) is 1. The van der Waals surface area contributed by atoms with Crippen LogP contribution in [0.15, 0.2) is 24.3 Å². The Morgan fingerprint density at radius 1 is 1.22 bits per heavy atom. The highest BCUT2D eigenvalue weighted by molar-refractivity contribution is 7.60. The second-order valence-electron chi connectivity index (χ2n) is 9.69. The van der Waals surface area contributed by atoms with Gasteiger partial charge in [0, 0.05) is 23.9 Å². The van der Waals surface area contributed by atoms with Gasteiger partial charge in [0.2, 0.25) is 11.8 Å². The molecular formula is C26H29ClF2N5O6P. The monoisotopic (exact) mass is 611 g/mol. The molecule has 4 rings (SSSR count). The minimum absolute atomic E-state index is 0.0907. The molecule has 1 aromatic heterocycles. The molecule has 2 aromatic carbocycles. The van der Waals surface area contributed by atoms with E-state index in [1.54, 1.807) is 13.8 Å². The number of aromatic nitrogens is 2. The molecule has 5 N–H and O–H groups in total. The minimum Gasteiger partial charge on any atom is -0.364 e. The molecule has 15 heteroatoms. The molecule has 0 unspecified atom stereocenters. The molecule has 0 bridgehead atoms. The van der Waals surface area contributed by atoms with Crippen LogP contribution in [0.3, 0.4) is 0 Å². The third-order valence-electron chi connectivity index (χ3n) is 7.14. The number of carbonyl (C=O) groups excluding carboxylic acids is 3. The minimum atomic E-state index is -4.77. The van der Waals surface area contributed by atoms with E-state index in [-0.39, 0.29) is 51.9 Å². The van der Waals surface area contributed by atoms with E-state index in [4.69, 9.17) is 17.3 Å². The number of benzene rings is 2. The number of halogens is 3. The highest BCUT2D eigenvalue weighted by Crippen LogP contribution is 2.39. The number of amides is 3. The van der Waals surface area contributed by atoms with Crippen LogP contribution < -0.4 is 16.4 Å². The van der Waals surface area contributed by atoms with Crippen molar-refractivity contribution in [3.05, 3.63) is 57.5 Å². The zero-order chi connectivity index (χ0) is 30.2. The number of alkyl halides is 1. The van der Waals surface area contributed by atoms with E-state index in [1.807, 2.05) is 0 Å². The van der Waals surface area contributed by atoms with Crippen LogP contribution in [-0.2, 0) is 40.1 Å². The smallest absolute Gasteiger partial charge is 0.356 e.